The zero-order valence-electron chi connectivity index (χ0n) is 20.6. The Morgan fingerprint density at radius 2 is 1.75 bits per heavy atom. The summed E-state index contributed by atoms with van der Waals surface area (Å²) in [4.78, 5) is 12.4. The Morgan fingerprint density at radius 1 is 0.972 bits per heavy atom. The maximum absolute atomic E-state index is 12.4. The third kappa shape index (κ3) is 7.21. The lowest BCUT2D eigenvalue weighted by molar-refractivity contribution is -0.118. The lowest BCUT2D eigenvalue weighted by Crippen LogP contribution is -2.25. The summed E-state index contributed by atoms with van der Waals surface area (Å²) < 4.78 is 11.4. The van der Waals surface area contributed by atoms with E-state index >= 15 is 0 Å². The van der Waals surface area contributed by atoms with E-state index in [1.165, 1.54) is 30.2 Å². The fraction of sp³-hybridized carbons (Fsp3) is 0.276. The minimum atomic E-state index is -0.207. The van der Waals surface area contributed by atoms with Gasteiger partial charge in [0.25, 0.3) is 0 Å². The summed E-state index contributed by atoms with van der Waals surface area (Å²) in [5.74, 6) is 1.24. The van der Waals surface area contributed by atoms with Crippen molar-refractivity contribution in [2.75, 3.05) is 7.11 Å². The van der Waals surface area contributed by atoms with E-state index in [2.05, 4.69) is 46.7 Å². The molecule has 0 aromatic heterocycles. The van der Waals surface area contributed by atoms with Gasteiger partial charge in [0.15, 0.2) is 16.7 Å². The van der Waals surface area contributed by atoms with Gasteiger partial charge in [-0.15, -0.1) is 5.10 Å². The lowest BCUT2D eigenvalue weighted by atomic mass is 10.0. The van der Waals surface area contributed by atoms with Crippen molar-refractivity contribution in [2.45, 2.75) is 44.5 Å². The number of aryl methyl sites for hydroxylation is 1. The molecule has 4 rings (SSSR count). The molecule has 0 radical (unpaired) electrons. The largest absolute Gasteiger partial charge is 0.493 e. The summed E-state index contributed by atoms with van der Waals surface area (Å²) in [6, 6.07) is 24.1. The van der Waals surface area contributed by atoms with Gasteiger partial charge in [-0.05, 0) is 59.7 Å². The molecule has 1 atom stereocenters. The number of nitrogens with one attached hydrogen (secondary N) is 1. The van der Waals surface area contributed by atoms with Crippen LogP contribution in [0.15, 0.2) is 83.0 Å². The SMILES string of the molecule is CCCCc1ccc(CC2S/C(=N\N=C\c3ccc(OCc4ccccc4)c(OC)c3)NC2=O)cc1. The lowest BCUT2D eigenvalue weighted by Gasteiger charge is -2.11. The fourth-order valence-corrected chi connectivity index (χ4v) is 4.76. The molecule has 1 aliphatic heterocycles. The molecule has 3 aromatic carbocycles. The zero-order chi connectivity index (χ0) is 25.2. The quantitative estimate of drug-likeness (QED) is 0.267. The van der Waals surface area contributed by atoms with Crippen LogP contribution in [0.4, 0.5) is 0 Å². The van der Waals surface area contributed by atoms with E-state index in [0.29, 0.717) is 29.7 Å². The van der Waals surface area contributed by atoms with E-state index < -0.39 is 0 Å². The molecular formula is C29H31N3O3S. The van der Waals surface area contributed by atoms with Crippen LogP contribution in [0.5, 0.6) is 11.5 Å². The molecule has 36 heavy (non-hydrogen) atoms. The maximum Gasteiger partial charge on any atom is 0.239 e. The van der Waals surface area contributed by atoms with Crippen molar-refractivity contribution >= 4 is 29.1 Å². The Morgan fingerprint density at radius 3 is 2.50 bits per heavy atom. The van der Waals surface area contributed by atoms with Gasteiger partial charge >= 0.3 is 0 Å². The van der Waals surface area contributed by atoms with Crippen LogP contribution in [0, 0.1) is 0 Å². The van der Waals surface area contributed by atoms with Gasteiger partial charge in [0, 0.05) is 0 Å². The van der Waals surface area contributed by atoms with Gasteiger partial charge < -0.3 is 14.8 Å². The summed E-state index contributed by atoms with van der Waals surface area (Å²) in [7, 11) is 1.61. The fourth-order valence-electron chi connectivity index (χ4n) is 3.79. The van der Waals surface area contributed by atoms with Gasteiger partial charge in [0.1, 0.15) is 6.61 Å². The van der Waals surface area contributed by atoms with Crippen molar-refractivity contribution < 1.29 is 14.3 Å². The summed E-state index contributed by atoms with van der Waals surface area (Å²) in [5.41, 5.74) is 4.39. The predicted octanol–water partition coefficient (Wildman–Crippen LogP) is 5.78. The number of nitrogens with zero attached hydrogens (tertiary/aromatic N) is 2. The highest BCUT2D eigenvalue weighted by Gasteiger charge is 2.30. The number of benzene rings is 3. The van der Waals surface area contributed by atoms with E-state index in [-0.39, 0.29) is 11.2 Å². The average Bonchev–Trinajstić information content (AvgIpc) is 3.26. The summed E-state index contributed by atoms with van der Waals surface area (Å²) >= 11 is 1.41. The van der Waals surface area contributed by atoms with Crippen LogP contribution in [0.25, 0.3) is 0 Å². The van der Waals surface area contributed by atoms with Gasteiger partial charge in [-0.1, -0.05) is 79.7 Å². The molecule has 0 aliphatic carbocycles. The van der Waals surface area contributed by atoms with Crippen molar-refractivity contribution in [2.24, 2.45) is 10.2 Å². The van der Waals surface area contributed by atoms with Crippen molar-refractivity contribution in [1.82, 2.24) is 5.32 Å². The van der Waals surface area contributed by atoms with Crippen molar-refractivity contribution in [1.29, 1.82) is 0 Å². The molecule has 7 heteroatoms. The van der Waals surface area contributed by atoms with Crippen LogP contribution < -0.4 is 14.8 Å². The number of amides is 1. The van der Waals surface area contributed by atoms with E-state index in [0.717, 1.165) is 23.1 Å². The number of carbonyl (C=O) groups excluding carboxylic acids is 1. The molecule has 3 aromatic rings. The molecule has 1 saturated heterocycles. The maximum atomic E-state index is 12.4. The molecule has 0 spiro atoms. The van der Waals surface area contributed by atoms with Crippen molar-refractivity contribution in [3.8, 4) is 11.5 Å². The number of ether oxygens (including phenoxy) is 2. The van der Waals surface area contributed by atoms with Crippen LogP contribution in [-0.2, 0) is 24.2 Å². The highest BCUT2D eigenvalue weighted by atomic mass is 32.2. The third-order valence-corrected chi connectivity index (χ3v) is 6.89. The van der Waals surface area contributed by atoms with E-state index in [1.807, 2.05) is 48.5 Å². The van der Waals surface area contributed by atoms with Crippen LogP contribution in [-0.4, -0.2) is 29.6 Å². The topological polar surface area (TPSA) is 72.3 Å². The molecule has 1 N–H and O–H groups in total. The first-order valence-electron chi connectivity index (χ1n) is 12.2. The molecule has 1 fully saturated rings. The van der Waals surface area contributed by atoms with Gasteiger partial charge in [-0.3, -0.25) is 4.79 Å². The Balaban J connectivity index is 1.32. The Hall–Kier alpha value is -3.58. The molecule has 1 heterocycles. The highest BCUT2D eigenvalue weighted by molar-refractivity contribution is 8.15. The second-order valence-corrected chi connectivity index (χ2v) is 9.75. The smallest absolute Gasteiger partial charge is 0.239 e. The molecule has 1 amide bonds. The second kappa shape index (κ2) is 12.9. The van der Waals surface area contributed by atoms with E-state index in [9.17, 15) is 4.79 Å². The van der Waals surface area contributed by atoms with Gasteiger partial charge in [-0.25, -0.2) is 0 Å². The van der Waals surface area contributed by atoms with Gasteiger partial charge in [-0.2, -0.15) is 5.10 Å². The number of unbranched alkanes of at least 4 members (excludes halogenated alkanes) is 1. The number of hydrogen-bond donors (Lipinski definition) is 1. The van der Waals surface area contributed by atoms with Crippen LogP contribution >= 0.6 is 11.8 Å². The molecule has 0 bridgehead atoms. The monoisotopic (exact) mass is 501 g/mol. The highest BCUT2D eigenvalue weighted by Crippen LogP contribution is 2.28. The van der Waals surface area contributed by atoms with Gasteiger partial charge in [0.2, 0.25) is 5.91 Å². The Bertz CT molecular complexity index is 1210. The number of rotatable bonds is 11. The Kier molecular flexibility index (Phi) is 9.16. The van der Waals surface area contributed by atoms with Crippen LogP contribution in [0.3, 0.4) is 0 Å². The zero-order valence-corrected chi connectivity index (χ0v) is 21.5. The number of hydrogen-bond acceptors (Lipinski definition) is 6. The molecule has 6 nitrogen and oxygen atoms in total. The Labute approximate surface area is 216 Å². The minimum Gasteiger partial charge on any atom is -0.493 e. The molecule has 0 saturated carbocycles. The standard InChI is InChI=1S/C29H31N3O3S/c1-3-4-8-21-11-13-22(14-12-21)18-27-28(33)31-29(36-27)32-30-19-24-15-16-25(26(17-24)34-2)35-20-23-9-6-5-7-10-23/h5-7,9-17,19,27H,3-4,8,18,20H2,1-2H3,(H,31,32,33)/b30-19+. The summed E-state index contributed by atoms with van der Waals surface area (Å²) in [6.07, 6.45) is 5.77. The second-order valence-electron chi connectivity index (χ2n) is 8.55. The van der Waals surface area contributed by atoms with Gasteiger partial charge in [0.05, 0.1) is 18.6 Å². The molecular weight excluding hydrogens is 470 g/mol. The van der Waals surface area contributed by atoms with Crippen LogP contribution in [0.1, 0.15) is 42.0 Å². The number of thioether (sulfide) groups is 1. The minimum absolute atomic E-state index is 0.0365. The molecule has 186 valence electrons. The van der Waals surface area contributed by atoms with Crippen molar-refractivity contribution in [3.63, 3.8) is 0 Å². The van der Waals surface area contributed by atoms with Crippen molar-refractivity contribution in [3.05, 3.63) is 95.1 Å². The average molecular weight is 502 g/mol. The number of amidine groups is 1. The van der Waals surface area contributed by atoms with Crippen LogP contribution in [0.2, 0.25) is 0 Å². The predicted molar refractivity (Wildman–Crippen MR) is 147 cm³/mol. The summed E-state index contributed by atoms with van der Waals surface area (Å²) in [6.45, 7) is 2.66. The summed E-state index contributed by atoms with van der Waals surface area (Å²) in [5, 5.41) is 11.5. The normalized spacial score (nSPS) is 16.4. The first-order valence-corrected chi connectivity index (χ1v) is 13.0. The third-order valence-electron chi connectivity index (χ3n) is 5.82. The van der Waals surface area contributed by atoms with E-state index in [4.69, 9.17) is 9.47 Å². The number of carbonyl (C=O) groups is 1. The first kappa shape index (κ1) is 25.5. The molecule has 1 unspecified atom stereocenters. The molecule has 1 aliphatic rings. The number of methoxy groups -OCH3 is 1. The first-order chi connectivity index (χ1) is 17.6. The van der Waals surface area contributed by atoms with E-state index in [1.54, 1.807) is 13.3 Å².